The number of halogens is 1. The number of rotatable bonds is 6. The number of nitrogens with zero attached hydrogens (tertiary/aromatic N) is 2. The molecule has 1 amide bonds. The van der Waals surface area contributed by atoms with Crippen LogP contribution < -0.4 is 20.9 Å². The fourth-order valence-corrected chi connectivity index (χ4v) is 3.35. The number of anilines is 1. The first kappa shape index (κ1) is 24.0. The lowest BCUT2D eigenvalue weighted by Crippen LogP contribution is -2.47. The van der Waals surface area contributed by atoms with Crippen LogP contribution in [0.2, 0.25) is 0 Å². The zero-order chi connectivity index (χ0) is 20.6. The van der Waals surface area contributed by atoms with Crippen molar-refractivity contribution in [2.45, 2.75) is 26.3 Å². The maximum Gasteiger partial charge on any atom is 0.239 e. The minimum absolute atomic E-state index is 0. The smallest absolute Gasteiger partial charge is 0.239 e. The molecule has 6 nitrogen and oxygen atoms in total. The normalized spacial score (nSPS) is 15.1. The zero-order valence-corrected chi connectivity index (χ0v) is 20.3. The number of hydrogen-bond donors (Lipinski definition) is 3. The van der Waals surface area contributed by atoms with E-state index in [0.717, 1.165) is 24.7 Å². The Balaban J connectivity index is 0.00000320. The molecule has 3 N–H and O–H groups in total. The molecule has 1 fully saturated rings. The molecule has 1 aliphatic heterocycles. The van der Waals surface area contributed by atoms with E-state index in [1.807, 2.05) is 0 Å². The summed E-state index contributed by atoms with van der Waals surface area (Å²) in [6, 6.07) is 17.0. The highest BCUT2D eigenvalue weighted by Gasteiger charge is 2.16. The number of carbonyl (C=O) groups excluding carboxylic acids is 1. The van der Waals surface area contributed by atoms with Crippen molar-refractivity contribution in [1.82, 2.24) is 16.0 Å². The quantitative estimate of drug-likeness (QED) is 0.311. The fourth-order valence-electron chi connectivity index (χ4n) is 3.35. The van der Waals surface area contributed by atoms with Crippen LogP contribution in [0.1, 0.15) is 29.5 Å². The van der Waals surface area contributed by atoms with E-state index in [1.54, 1.807) is 7.05 Å². The summed E-state index contributed by atoms with van der Waals surface area (Å²) >= 11 is 0. The van der Waals surface area contributed by atoms with E-state index < -0.39 is 0 Å². The van der Waals surface area contributed by atoms with Gasteiger partial charge in [-0.3, -0.25) is 9.79 Å². The largest absolute Gasteiger partial charge is 0.360 e. The van der Waals surface area contributed by atoms with E-state index in [0.29, 0.717) is 25.6 Å². The molecule has 0 spiro atoms. The standard InChI is InChI=1S/C23H31N5O.HI/c1-17-4-8-20(9-5-17)18(2)14-26-23(24-3)27-15-19-6-10-21(11-7-19)28-13-12-25-22(29)16-28;/h4-11,18H,12-16H2,1-3H3,(H,25,29)(H2,24,26,27);1H. The molecule has 0 bridgehead atoms. The van der Waals surface area contributed by atoms with Crippen molar-refractivity contribution >= 4 is 41.5 Å². The van der Waals surface area contributed by atoms with Crippen molar-refractivity contribution in [2.24, 2.45) is 4.99 Å². The summed E-state index contributed by atoms with van der Waals surface area (Å²) in [6.07, 6.45) is 0. The summed E-state index contributed by atoms with van der Waals surface area (Å²) in [5.41, 5.74) is 4.85. The van der Waals surface area contributed by atoms with Crippen LogP contribution in [0.15, 0.2) is 53.5 Å². The summed E-state index contributed by atoms with van der Waals surface area (Å²) in [5, 5.41) is 9.63. The van der Waals surface area contributed by atoms with Crippen molar-refractivity contribution in [3.8, 4) is 0 Å². The second kappa shape index (κ2) is 11.8. The summed E-state index contributed by atoms with van der Waals surface area (Å²) in [7, 11) is 1.79. The molecular formula is C23H32IN5O. The zero-order valence-electron chi connectivity index (χ0n) is 17.9. The minimum Gasteiger partial charge on any atom is -0.360 e. The molecule has 1 saturated heterocycles. The SMILES string of the molecule is CN=C(NCc1ccc(N2CCNC(=O)C2)cc1)NCC(C)c1ccc(C)cc1.I. The van der Waals surface area contributed by atoms with Gasteiger partial charge in [0.05, 0.1) is 6.54 Å². The molecule has 0 aliphatic carbocycles. The van der Waals surface area contributed by atoms with Crippen LogP contribution >= 0.6 is 24.0 Å². The van der Waals surface area contributed by atoms with Crippen LogP contribution in [0.25, 0.3) is 0 Å². The molecule has 2 aromatic rings. The fraction of sp³-hybridized carbons (Fsp3) is 0.391. The molecule has 1 atom stereocenters. The van der Waals surface area contributed by atoms with E-state index in [9.17, 15) is 4.79 Å². The van der Waals surface area contributed by atoms with E-state index in [4.69, 9.17) is 0 Å². The maximum absolute atomic E-state index is 11.6. The summed E-state index contributed by atoms with van der Waals surface area (Å²) < 4.78 is 0. The van der Waals surface area contributed by atoms with Crippen LogP contribution in [0.3, 0.4) is 0 Å². The molecule has 0 saturated carbocycles. The number of carbonyl (C=O) groups is 1. The first-order valence-electron chi connectivity index (χ1n) is 10.2. The Hall–Kier alpha value is -2.29. The Morgan fingerprint density at radius 2 is 1.83 bits per heavy atom. The number of nitrogens with one attached hydrogen (secondary N) is 3. The second-order valence-electron chi connectivity index (χ2n) is 7.56. The van der Waals surface area contributed by atoms with Gasteiger partial charge >= 0.3 is 0 Å². The van der Waals surface area contributed by atoms with Gasteiger partial charge in [-0.1, -0.05) is 48.9 Å². The Morgan fingerprint density at radius 3 is 2.47 bits per heavy atom. The first-order chi connectivity index (χ1) is 14.0. The van der Waals surface area contributed by atoms with E-state index >= 15 is 0 Å². The number of aryl methyl sites for hydroxylation is 1. The van der Waals surface area contributed by atoms with Crippen molar-refractivity contribution < 1.29 is 4.79 Å². The van der Waals surface area contributed by atoms with Gasteiger partial charge < -0.3 is 20.9 Å². The van der Waals surface area contributed by atoms with Gasteiger partial charge in [-0.2, -0.15) is 0 Å². The first-order valence-corrected chi connectivity index (χ1v) is 10.2. The van der Waals surface area contributed by atoms with Gasteiger partial charge in [-0.25, -0.2) is 0 Å². The van der Waals surface area contributed by atoms with Gasteiger partial charge in [0.15, 0.2) is 5.96 Å². The van der Waals surface area contributed by atoms with Crippen molar-refractivity contribution in [1.29, 1.82) is 0 Å². The molecule has 30 heavy (non-hydrogen) atoms. The van der Waals surface area contributed by atoms with Gasteiger partial charge in [0.1, 0.15) is 0 Å². The number of hydrogen-bond acceptors (Lipinski definition) is 3. The van der Waals surface area contributed by atoms with Gasteiger partial charge in [0.2, 0.25) is 5.91 Å². The number of amides is 1. The van der Waals surface area contributed by atoms with Gasteiger partial charge in [-0.05, 0) is 36.1 Å². The minimum atomic E-state index is 0. The number of piperazine rings is 1. The molecule has 1 aliphatic rings. The molecule has 0 aromatic heterocycles. The van der Waals surface area contributed by atoms with Gasteiger partial charge in [0.25, 0.3) is 0 Å². The Morgan fingerprint density at radius 1 is 1.13 bits per heavy atom. The molecule has 0 radical (unpaired) electrons. The summed E-state index contributed by atoms with van der Waals surface area (Å²) in [6.45, 7) is 7.80. The number of benzene rings is 2. The average Bonchev–Trinajstić information content (AvgIpc) is 2.74. The summed E-state index contributed by atoms with van der Waals surface area (Å²) in [4.78, 5) is 18.0. The Labute approximate surface area is 196 Å². The third-order valence-electron chi connectivity index (χ3n) is 5.25. The lowest BCUT2D eigenvalue weighted by atomic mass is 10.0. The molecule has 1 unspecified atom stereocenters. The van der Waals surface area contributed by atoms with Crippen LogP contribution in [-0.4, -0.2) is 45.1 Å². The molecule has 2 aromatic carbocycles. The van der Waals surface area contributed by atoms with E-state index in [1.165, 1.54) is 16.7 Å². The molecule has 1 heterocycles. The average molecular weight is 521 g/mol. The van der Waals surface area contributed by atoms with Crippen LogP contribution in [-0.2, 0) is 11.3 Å². The highest BCUT2D eigenvalue weighted by molar-refractivity contribution is 14.0. The van der Waals surface area contributed by atoms with Crippen molar-refractivity contribution in [3.63, 3.8) is 0 Å². The van der Waals surface area contributed by atoms with Crippen molar-refractivity contribution in [3.05, 3.63) is 65.2 Å². The van der Waals surface area contributed by atoms with E-state index in [-0.39, 0.29) is 29.9 Å². The maximum atomic E-state index is 11.6. The predicted molar refractivity (Wildman–Crippen MR) is 135 cm³/mol. The molecule has 7 heteroatoms. The highest BCUT2D eigenvalue weighted by Crippen LogP contribution is 2.16. The van der Waals surface area contributed by atoms with Crippen LogP contribution in [0, 0.1) is 6.92 Å². The topological polar surface area (TPSA) is 68.8 Å². The Bertz CT molecular complexity index is 836. The van der Waals surface area contributed by atoms with Crippen LogP contribution in [0.5, 0.6) is 0 Å². The third kappa shape index (κ3) is 6.90. The predicted octanol–water partition coefficient (Wildman–Crippen LogP) is 3.02. The van der Waals surface area contributed by atoms with Gasteiger partial charge in [-0.15, -0.1) is 24.0 Å². The third-order valence-corrected chi connectivity index (χ3v) is 5.25. The molecule has 3 rings (SSSR count). The van der Waals surface area contributed by atoms with Crippen LogP contribution in [0.4, 0.5) is 5.69 Å². The summed E-state index contributed by atoms with van der Waals surface area (Å²) in [5.74, 6) is 1.27. The highest BCUT2D eigenvalue weighted by atomic mass is 127. The monoisotopic (exact) mass is 521 g/mol. The Kier molecular flexibility index (Phi) is 9.42. The second-order valence-corrected chi connectivity index (χ2v) is 7.56. The number of aliphatic imine (C=N–C) groups is 1. The van der Waals surface area contributed by atoms with Crippen molar-refractivity contribution in [2.75, 3.05) is 38.1 Å². The van der Waals surface area contributed by atoms with E-state index in [2.05, 4.69) is 88.2 Å². The molecular weight excluding hydrogens is 489 g/mol. The molecule has 162 valence electrons. The lowest BCUT2D eigenvalue weighted by molar-refractivity contribution is -0.120. The van der Waals surface area contributed by atoms with Gasteiger partial charge in [0, 0.05) is 38.9 Å². The lowest BCUT2D eigenvalue weighted by Gasteiger charge is -2.28. The number of guanidine groups is 1.